The zero-order valence-electron chi connectivity index (χ0n) is 16.0. The molecule has 4 rings (SSSR count). The minimum atomic E-state index is -0.107. The number of ether oxygens (including phenoxy) is 1. The van der Waals surface area contributed by atoms with Crippen LogP contribution in [0.2, 0.25) is 0 Å². The summed E-state index contributed by atoms with van der Waals surface area (Å²) in [6.07, 6.45) is 6.50. The van der Waals surface area contributed by atoms with E-state index in [0.29, 0.717) is 11.7 Å². The van der Waals surface area contributed by atoms with E-state index in [0.717, 1.165) is 43.0 Å². The molecule has 1 aromatic heterocycles. The van der Waals surface area contributed by atoms with Crippen LogP contribution in [0.15, 0.2) is 73.1 Å². The Morgan fingerprint density at radius 2 is 1.68 bits per heavy atom. The minimum Gasteiger partial charge on any atom is -0.380 e. The normalized spacial score (nSPS) is 16.8. The van der Waals surface area contributed by atoms with Gasteiger partial charge in [-0.3, -0.25) is 4.79 Å². The molecule has 1 atom stereocenters. The van der Waals surface area contributed by atoms with Gasteiger partial charge >= 0.3 is 0 Å². The second kappa shape index (κ2) is 8.31. The fourth-order valence-corrected chi connectivity index (χ4v) is 3.62. The van der Waals surface area contributed by atoms with Gasteiger partial charge in [0.25, 0.3) is 5.91 Å². The molecule has 144 valence electrons. The summed E-state index contributed by atoms with van der Waals surface area (Å²) in [6.45, 7) is 1.95. The smallest absolute Gasteiger partial charge is 0.255 e. The summed E-state index contributed by atoms with van der Waals surface area (Å²) in [5, 5.41) is 2.97. The number of carbonyl (C=O) groups excluding carboxylic acids is 1. The van der Waals surface area contributed by atoms with Crippen molar-refractivity contribution in [2.24, 2.45) is 0 Å². The van der Waals surface area contributed by atoms with E-state index < -0.39 is 0 Å². The molecule has 1 amide bonds. The molecule has 5 nitrogen and oxygen atoms in total. The van der Waals surface area contributed by atoms with Crippen molar-refractivity contribution in [1.82, 2.24) is 4.57 Å². The number of aromatic nitrogens is 1. The molecule has 0 bridgehead atoms. The van der Waals surface area contributed by atoms with Gasteiger partial charge in [-0.15, -0.1) is 0 Å². The zero-order valence-corrected chi connectivity index (χ0v) is 16.0. The van der Waals surface area contributed by atoms with Crippen molar-refractivity contribution in [1.29, 1.82) is 0 Å². The summed E-state index contributed by atoms with van der Waals surface area (Å²) >= 11 is 0. The monoisotopic (exact) mass is 375 g/mol. The van der Waals surface area contributed by atoms with E-state index in [-0.39, 0.29) is 5.91 Å². The van der Waals surface area contributed by atoms with Gasteiger partial charge < -0.3 is 19.5 Å². The van der Waals surface area contributed by atoms with Crippen molar-refractivity contribution in [3.63, 3.8) is 0 Å². The number of methoxy groups -OCH3 is 1. The summed E-state index contributed by atoms with van der Waals surface area (Å²) in [7, 11) is 1.78. The second-order valence-corrected chi connectivity index (χ2v) is 7.08. The first kappa shape index (κ1) is 18.3. The standard InChI is InChI=1S/C23H25N3O2/c1-28-22-5-4-16-26(17-22)21-12-8-19(9-13-21)24-23(27)18-6-10-20(11-7-18)25-14-2-3-15-25/h2-3,6-15,22H,4-5,16-17H2,1H3,(H,24,27). The van der Waals surface area contributed by atoms with Gasteiger partial charge in [0.15, 0.2) is 0 Å². The highest BCUT2D eigenvalue weighted by Crippen LogP contribution is 2.23. The van der Waals surface area contributed by atoms with Crippen LogP contribution in [0.25, 0.3) is 5.69 Å². The van der Waals surface area contributed by atoms with Crippen LogP contribution in [-0.2, 0) is 4.74 Å². The predicted molar refractivity (Wildman–Crippen MR) is 112 cm³/mol. The number of rotatable bonds is 5. The first-order chi connectivity index (χ1) is 13.7. The Hall–Kier alpha value is -3.05. The summed E-state index contributed by atoms with van der Waals surface area (Å²) in [5.74, 6) is -0.107. The fourth-order valence-electron chi connectivity index (χ4n) is 3.62. The number of piperidine rings is 1. The molecule has 0 saturated carbocycles. The van der Waals surface area contributed by atoms with Gasteiger partial charge in [-0.25, -0.2) is 0 Å². The number of carbonyl (C=O) groups is 1. The van der Waals surface area contributed by atoms with E-state index in [4.69, 9.17) is 4.74 Å². The molecule has 1 aliphatic rings. The Morgan fingerprint density at radius 3 is 2.36 bits per heavy atom. The van der Waals surface area contributed by atoms with Crippen molar-refractivity contribution < 1.29 is 9.53 Å². The highest BCUT2D eigenvalue weighted by atomic mass is 16.5. The molecule has 0 aliphatic carbocycles. The van der Waals surface area contributed by atoms with Crippen LogP contribution in [-0.4, -0.2) is 36.8 Å². The van der Waals surface area contributed by atoms with Crippen LogP contribution in [0.3, 0.4) is 0 Å². The SMILES string of the molecule is COC1CCCN(c2ccc(NC(=O)c3ccc(-n4cccc4)cc3)cc2)C1. The molecule has 0 radical (unpaired) electrons. The molecule has 0 spiro atoms. The van der Waals surface area contributed by atoms with Gasteiger partial charge in [0, 0.05) is 55.2 Å². The lowest BCUT2D eigenvalue weighted by Gasteiger charge is -2.33. The third kappa shape index (κ3) is 4.10. The van der Waals surface area contributed by atoms with Crippen molar-refractivity contribution in [3.8, 4) is 5.69 Å². The second-order valence-electron chi connectivity index (χ2n) is 7.08. The van der Waals surface area contributed by atoms with Gasteiger partial charge in [0.05, 0.1) is 6.10 Å². The third-order valence-electron chi connectivity index (χ3n) is 5.23. The molecule has 28 heavy (non-hydrogen) atoms. The van der Waals surface area contributed by atoms with Crippen LogP contribution >= 0.6 is 0 Å². The molecule has 1 fully saturated rings. The Labute approximate surface area is 165 Å². The lowest BCUT2D eigenvalue weighted by molar-refractivity contribution is 0.0893. The van der Waals surface area contributed by atoms with E-state index >= 15 is 0 Å². The molecule has 1 unspecified atom stereocenters. The van der Waals surface area contributed by atoms with Crippen LogP contribution in [0.5, 0.6) is 0 Å². The Kier molecular flexibility index (Phi) is 5.44. The topological polar surface area (TPSA) is 46.5 Å². The lowest BCUT2D eigenvalue weighted by atomic mass is 10.1. The van der Waals surface area contributed by atoms with Gasteiger partial charge in [-0.1, -0.05) is 0 Å². The summed E-state index contributed by atoms with van der Waals surface area (Å²) in [5.41, 5.74) is 3.63. The van der Waals surface area contributed by atoms with E-state index in [2.05, 4.69) is 22.3 Å². The highest BCUT2D eigenvalue weighted by molar-refractivity contribution is 6.04. The number of amides is 1. The lowest BCUT2D eigenvalue weighted by Crippen LogP contribution is -2.39. The van der Waals surface area contributed by atoms with Crippen LogP contribution in [0.4, 0.5) is 11.4 Å². The number of nitrogens with zero attached hydrogens (tertiary/aromatic N) is 2. The molecular weight excluding hydrogens is 350 g/mol. The van der Waals surface area contributed by atoms with E-state index in [1.165, 1.54) is 0 Å². The summed E-state index contributed by atoms with van der Waals surface area (Å²) in [4.78, 5) is 14.9. The van der Waals surface area contributed by atoms with Crippen molar-refractivity contribution in [2.75, 3.05) is 30.4 Å². The molecule has 2 heterocycles. The van der Waals surface area contributed by atoms with E-state index in [1.807, 2.05) is 65.5 Å². The number of hydrogen-bond donors (Lipinski definition) is 1. The number of anilines is 2. The molecule has 1 saturated heterocycles. The van der Waals surface area contributed by atoms with Gasteiger partial charge in [0.1, 0.15) is 0 Å². The molecule has 2 aromatic carbocycles. The molecular formula is C23H25N3O2. The third-order valence-corrected chi connectivity index (χ3v) is 5.23. The van der Waals surface area contributed by atoms with Gasteiger partial charge in [-0.05, 0) is 73.5 Å². The maximum absolute atomic E-state index is 12.5. The number of benzene rings is 2. The van der Waals surface area contributed by atoms with E-state index in [9.17, 15) is 4.79 Å². The number of hydrogen-bond acceptors (Lipinski definition) is 3. The molecule has 1 aliphatic heterocycles. The van der Waals surface area contributed by atoms with E-state index in [1.54, 1.807) is 7.11 Å². The predicted octanol–water partition coefficient (Wildman–Crippen LogP) is 4.34. The fraction of sp³-hybridized carbons (Fsp3) is 0.261. The van der Waals surface area contributed by atoms with Crippen molar-refractivity contribution >= 4 is 17.3 Å². The quantitative estimate of drug-likeness (QED) is 0.721. The van der Waals surface area contributed by atoms with Crippen molar-refractivity contribution in [2.45, 2.75) is 18.9 Å². The number of nitrogens with one attached hydrogen (secondary N) is 1. The average Bonchev–Trinajstić information content (AvgIpc) is 3.29. The Morgan fingerprint density at radius 1 is 1.00 bits per heavy atom. The van der Waals surface area contributed by atoms with Crippen LogP contribution in [0.1, 0.15) is 23.2 Å². The maximum atomic E-state index is 12.5. The summed E-state index contributed by atoms with van der Waals surface area (Å²) < 4.78 is 7.51. The zero-order chi connectivity index (χ0) is 19.3. The van der Waals surface area contributed by atoms with Crippen molar-refractivity contribution in [3.05, 3.63) is 78.6 Å². The maximum Gasteiger partial charge on any atom is 0.255 e. The molecule has 5 heteroatoms. The Balaban J connectivity index is 1.39. The minimum absolute atomic E-state index is 0.107. The van der Waals surface area contributed by atoms with Gasteiger partial charge in [0.2, 0.25) is 0 Å². The first-order valence-electron chi connectivity index (χ1n) is 9.65. The largest absolute Gasteiger partial charge is 0.380 e. The van der Waals surface area contributed by atoms with Crippen LogP contribution < -0.4 is 10.2 Å². The first-order valence-corrected chi connectivity index (χ1v) is 9.65. The Bertz CT molecular complexity index is 902. The highest BCUT2D eigenvalue weighted by Gasteiger charge is 2.19. The molecule has 1 N–H and O–H groups in total. The van der Waals surface area contributed by atoms with Crippen LogP contribution in [0, 0.1) is 0 Å². The van der Waals surface area contributed by atoms with Gasteiger partial charge in [-0.2, -0.15) is 0 Å². The summed E-state index contributed by atoms with van der Waals surface area (Å²) in [6, 6.07) is 19.6. The average molecular weight is 375 g/mol. The molecule has 3 aromatic rings.